The Labute approximate surface area is 129 Å². The van der Waals surface area contributed by atoms with E-state index in [-0.39, 0.29) is 0 Å². The lowest BCUT2D eigenvalue weighted by atomic mass is 10.1. The van der Waals surface area contributed by atoms with E-state index in [1.807, 2.05) is 6.07 Å². The molecule has 4 heteroatoms. The Morgan fingerprint density at radius 2 is 2.11 bits per heavy atom. The third-order valence-corrected chi connectivity index (χ3v) is 5.00. The number of anilines is 1. The van der Waals surface area contributed by atoms with Crippen molar-refractivity contribution in [2.24, 2.45) is 0 Å². The molecule has 0 aliphatic carbocycles. The third-order valence-electron chi connectivity index (χ3n) is 3.78. The van der Waals surface area contributed by atoms with Crippen LogP contribution in [0.2, 0.25) is 5.02 Å². The number of halogens is 2. The molecule has 1 saturated heterocycles. The van der Waals surface area contributed by atoms with Crippen LogP contribution in [0.25, 0.3) is 0 Å². The van der Waals surface area contributed by atoms with Crippen LogP contribution in [-0.2, 0) is 0 Å². The highest BCUT2D eigenvalue weighted by Gasteiger charge is 2.18. The Morgan fingerprint density at radius 1 is 1.32 bits per heavy atom. The van der Waals surface area contributed by atoms with Gasteiger partial charge in [0, 0.05) is 28.8 Å². The Bertz CT molecular complexity index is 423. The fraction of sp³-hybridized carbons (Fsp3) is 0.600. The molecule has 1 aromatic carbocycles. The summed E-state index contributed by atoms with van der Waals surface area (Å²) in [5.41, 5.74) is 1.15. The van der Waals surface area contributed by atoms with Crippen molar-refractivity contribution >= 4 is 33.2 Å². The highest BCUT2D eigenvalue weighted by Crippen LogP contribution is 2.27. The Balaban J connectivity index is 1.94. The molecular formula is C15H22BrClN2. The van der Waals surface area contributed by atoms with Gasteiger partial charge in [-0.3, -0.25) is 0 Å². The third kappa shape index (κ3) is 4.37. The number of rotatable bonds is 3. The van der Waals surface area contributed by atoms with Crippen molar-refractivity contribution in [2.45, 2.75) is 45.2 Å². The average Bonchev–Trinajstić information content (AvgIpc) is 2.59. The van der Waals surface area contributed by atoms with Crippen LogP contribution < -0.4 is 5.32 Å². The van der Waals surface area contributed by atoms with Gasteiger partial charge in [0.15, 0.2) is 0 Å². The van der Waals surface area contributed by atoms with Crippen LogP contribution in [0.5, 0.6) is 0 Å². The Morgan fingerprint density at radius 3 is 2.79 bits per heavy atom. The average molecular weight is 346 g/mol. The molecule has 2 nitrogen and oxygen atoms in total. The molecule has 1 heterocycles. The SMILES string of the molecule is CC(C)N1CCCC(Nc2ccc(Cl)c(Br)c2)CC1. The second kappa shape index (κ2) is 6.96. The van der Waals surface area contributed by atoms with Gasteiger partial charge in [-0.1, -0.05) is 11.6 Å². The summed E-state index contributed by atoms with van der Waals surface area (Å²) in [4.78, 5) is 2.57. The van der Waals surface area contributed by atoms with E-state index in [1.165, 1.54) is 32.4 Å². The highest BCUT2D eigenvalue weighted by atomic mass is 79.9. The molecule has 1 aliphatic heterocycles. The molecular weight excluding hydrogens is 324 g/mol. The van der Waals surface area contributed by atoms with E-state index in [4.69, 9.17) is 11.6 Å². The molecule has 0 radical (unpaired) electrons. The van der Waals surface area contributed by atoms with Gasteiger partial charge in [-0.15, -0.1) is 0 Å². The molecule has 1 N–H and O–H groups in total. The van der Waals surface area contributed by atoms with E-state index in [9.17, 15) is 0 Å². The first-order chi connectivity index (χ1) is 9.06. The van der Waals surface area contributed by atoms with Crippen molar-refractivity contribution in [1.29, 1.82) is 0 Å². The molecule has 0 amide bonds. The van der Waals surface area contributed by atoms with Crippen LogP contribution in [0.4, 0.5) is 5.69 Å². The van der Waals surface area contributed by atoms with Crippen molar-refractivity contribution in [3.05, 3.63) is 27.7 Å². The van der Waals surface area contributed by atoms with E-state index in [0.717, 1.165) is 15.2 Å². The molecule has 106 valence electrons. The zero-order chi connectivity index (χ0) is 13.8. The van der Waals surface area contributed by atoms with Crippen molar-refractivity contribution in [1.82, 2.24) is 4.90 Å². The van der Waals surface area contributed by atoms with Crippen LogP contribution in [0.1, 0.15) is 33.1 Å². The summed E-state index contributed by atoms with van der Waals surface area (Å²) in [6, 6.07) is 7.27. The van der Waals surface area contributed by atoms with Gasteiger partial charge in [0.1, 0.15) is 0 Å². The second-order valence-electron chi connectivity index (χ2n) is 5.53. The van der Waals surface area contributed by atoms with Crippen molar-refractivity contribution in [2.75, 3.05) is 18.4 Å². The highest BCUT2D eigenvalue weighted by molar-refractivity contribution is 9.10. The molecule has 1 fully saturated rings. The number of benzene rings is 1. The van der Waals surface area contributed by atoms with Crippen LogP contribution >= 0.6 is 27.5 Å². The minimum atomic E-state index is 0.567. The first kappa shape index (κ1) is 15.1. The number of hydrogen-bond acceptors (Lipinski definition) is 2. The number of hydrogen-bond donors (Lipinski definition) is 1. The summed E-state index contributed by atoms with van der Waals surface area (Å²) in [7, 11) is 0. The predicted molar refractivity (Wildman–Crippen MR) is 87.1 cm³/mol. The molecule has 1 aromatic rings. The van der Waals surface area contributed by atoms with Gasteiger partial charge in [-0.05, 0) is 73.8 Å². The van der Waals surface area contributed by atoms with E-state index >= 15 is 0 Å². The second-order valence-corrected chi connectivity index (χ2v) is 6.79. The fourth-order valence-electron chi connectivity index (χ4n) is 2.60. The largest absolute Gasteiger partial charge is 0.382 e. The summed E-state index contributed by atoms with van der Waals surface area (Å²) in [5.74, 6) is 0. The van der Waals surface area contributed by atoms with E-state index in [0.29, 0.717) is 12.1 Å². The molecule has 1 atom stereocenters. The minimum Gasteiger partial charge on any atom is -0.382 e. The van der Waals surface area contributed by atoms with Gasteiger partial charge in [0.05, 0.1) is 5.02 Å². The maximum absolute atomic E-state index is 6.02. The maximum atomic E-state index is 6.02. The molecule has 0 bridgehead atoms. The summed E-state index contributed by atoms with van der Waals surface area (Å²) in [6.45, 7) is 6.97. The summed E-state index contributed by atoms with van der Waals surface area (Å²) in [5, 5.41) is 4.39. The maximum Gasteiger partial charge on any atom is 0.0549 e. The van der Waals surface area contributed by atoms with Gasteiger partial charge in [-0.2, -0.15) is 0 Å². The van der Waals surface area contributed by atoms with Crippen molar-refractivity contribution in [3.63, 3.8) is 0 Å². The molecule has 0 spiro atoms. The Hall–Kier alpha value is -0.250. The number of likely N-dealkylation sites (tertiary alicyclic amines) is 1. The fourth-order valence-corrected chi connectivity index (χ4v) is 3.10. The molecule has 1 unspecified atom stereocenters. The van der Waals surface area contributed by atoms with Gasteiger partial charge in [0.2, 0.25) is 0 Å². The molecule has 19 heavy (non-hydrogen) atoms. The first-order valence-corrected chi connectivity index (χ1v) is 8.19. The van der Waals surface area contributed by atoms with Gasteiger partial charge in [-0.25, -0.2) is 0 Å². The van der Waals surface area contributed by atoms with E-state index in [2.05, 4.69) is 52.1 Å². The van der Waals surface area contributed by atoms with Crippen molar-refractivity contribution in [3.8, 4) is 0 Å². The van der Waals surface area contributed by atoms with Crippen LogP contribution in [-0.4, -0.2) is 30.1 Å². The lowest BCUT2D eigenvalue weighted by Crippen LogP contribution is -2.32. The predicted octanol–water partition coefficient (Wildman–Crippen LogP) is 4.78. The molecule has 1 aliphatic rings. The van der Waals surface area contributed by atoms with E-state index < -0.39 is 0 Å². The lowest BCUT2D eigenvalue weighted by Gasteiger charge is -2.24. The zero-order valence-electron chi connectivity index (χ0n) is 11.6. The first-order valence-electron chi connectivity index (χ1n) is 7.02. The van der Waals surface area contributed by atoms with Crippen LogP contribution in [0.15, 0.2) is 22.7 Å². The molecule has 0 saturated carbocycles. The molecule has 2 rings (SSSR count). The minimum absolute atomic E-state index is 0.567. The number of nitrogens with zero attached hydrogens (tertiary/aromatic N) is 1. The topological polar surface area (TPSA) is 15.3 Å². The van der Waals surface area contributed by atoms with Crippen LogP contribution in [0, 0.1) is 0 Å². The van der Waals surface area contributed by atoms with Gasteiger partial charge < -0.3 is 10.2 Å². The molecule has 0 aromatic heterocycles. The van der Waals surface area contributed by atoms with Gasteiger partial charge >= 0.3 is 0 Å². The quantitative estimate of drug-likeness (QED) is 0.848. The van der Waals surface area contributed by atoms with Gasteiger partial charge in [0.25, 0.3) is 0 Å². The summed E-state index contributed by atoms with van der Waals surface area (Å²) >= 11 is 9.50. The van der Waals surface area contributed by atoms with Crippen molar-refractivity contribution < 1.29 is 0 Å². The van der Waals surface area contributed by atoms with Crippen LogP contribution in [0.3, 0.4) is 0 Å². The normalized spacial score (nSPS) is 21.4. The number of nitrogens with one attached hydrogen (secondary N) is 1. The summed E-state index contributed by atoms with van der Waals surface area (Å²) < 4.78 is 0.955. The Kier molecular flexibility index (Phi) is 5.55. The lowest BCUT2D eigenvalue weighted by molar-refractivity contribution is 0.230. The smallest absolute Gasteiger partial charge is 0.0549 e. The summed E-state index contributed by atoms with van der Waals surface area (Å²) in [6.07, 6.45) is 3.71. The van der Waals surface area contributed by atoms with E-state index in [1.54, 1.807) is 0 Å². The standard InChI is InChI=1S/C15H22BrClN2/c1-11(2)19-8-3-4-12(7-9-19)18-13-5-6-15(17)14(16)10-13/h5-6,10-12,18H,3-4,7-9H2,1-2H3. The monoisotopic (exact) mass is 344 g/mol. The zero-order valence-corrected chi connectivity index (χ0v) is 14.0.